The summed E-state index contributed by atoms with van der Waals surface area (Å²) in [4.78, 5) is 26.4. The van der Waals surface area contributed by atoms with Gasteiger partial charge in [-0.1, -0.05) is 36.4 Å². The molecule has 1 fully saturated rings. The van der Waals surface area contributed by atoms with Crippen LogP contribution in [0.3, 0.4) is 0 Å². The first-order chi connectivity index (χ1) is 12.0. The van der Waals surface area contributed by atoms with Crippen LogP contribution in [0.15, 0.2) is 48.5 Å². The van der Waals surface area contributed by atoms with Gasteiger partial charge in [0.05, 0.1) is 6.04 Å². The third kappa shape index (κ3) is 3.36. The minimum atomic E-state index is -0.234. The monoisotopic (exact) mass is 338 g/mol. The van der Waals surface area contributed by atoms with Crippen molar-refractivity contribution >= 4 is 11.8 Å². The van der Waals surface area contributed by atoms with Crippen LogP contribution in [0.5, 0.6) is 5.75 Å². The second kappa shape index (κ2) is 6.97. The summed E-state index contributed by atoms with van der Waals surface area (Å²) >= 11 is 0. The number of likely N-dealkylation sites (tertiary alicyclic amines) is 1. The number of aromatic hydroxyl groups is 1. The normalized spacial score (nSPS) is 19.9. The van der Waals surface area contributed by atoms with Crippen molar-refractivity contribution < 1.29 is 14.7 Å². The predicted molar refractivity (Wildman–Crippen MR) is 95.2 cm³/mol. The maximum absolute atomic E-state index is 12.5. The molecular weight excluding hydrogens is 316 g/mol. The van der Waals surface area contributed by atoms with Crippen LogP contribution in [0.25, 0.3) is 0 Å². The van der Waals surface area contributed by atoms with Crippen molar-refractivity contribution in [2.45, 2.75) is 19.4 Å². The van der Waals surface area contributed by atoms with E-state index in [4.69, 9.17) is 0 Å². The fourth-order valence-corrected chi connectivity index (χ4v) is 3.47. The molecule has 3 rings (SSSR count). The Morgan fingerprint density at radius 2 is 1.92 bits per heavy atom. The van der Waals surface area contributed by atoms with Gasteiger partial charge in [-0.25, -0.2) is 0 Å². The Labute approximate surface area is 147 Å². The minimum Gasteiger partial charge on any atom is -0.508 e. The van der Waals surface area contributed by atoms with Gasteiger partial charge in [-0.05, 0) is 24.6 Å². The maximum atomic E-state index is 12.5. The number of amides is 2. The van der Waals surface area contributed by atoms with E-state index in [1.54, 1.807) is 37.1 Å². The van der Waals surface area contributed by atoms with Crippen LogP contribution in [0.1, 0.15) is 33.9 Å². The molecule has 1 aliphatic heterocycles. The first kappa shape index (κ1) is 17.0. The Kier molecular flexibility index (Phi) is 4.74. The Hall–Kier alpha value is -2.82. The average Bonchev–Trinajstić information content (AvgIpc) is 2.90. The maximum Gasteiger partial charge on any atom is 0.251 e. The number of benzene rings is 2. The van der Waals surface area contributed by atoms with E-state index in [-0.39, 0.29) is 29.5 Å². The standard InChI is InChI=1S/C20H22N2O3/c1-13-16(9-6-10-17(13)23)20(25)21-12-15-11-18(24)22(2)19(15)14-7-4-3-5-8-14/h3-10,15,19,23H,11-12H2,1-2H3,(H,21,25)/t15-,19-/m0/s1. The summed E-state index contributed by atoms with van der Waals surface area (Å²) in [5.74, 6) is -0.0316. The molecule has 5 heteroatoms. The first-order valence-corrected chi connectivity index (χ1v) is 8.36. The van der Waals surface area contributed by atoms with E-state index in [0.717, 1.165) is 5.56 Å². The number of phenolic OH excluding ortho intramolecular Hbond substituents is 1. The molecule has 0 bridgehead atoms. The molecule has 2 aromatic carbocycles. The lowest BCUT2D eigenvalue weighted by molar-refractivity contribution is -0.127. The van der Waals surface area contributed by atoms with Crippen molar-refractivity contribution in [1.82, 2.24) is 10.2 Å². The zero-order valence-corrected chi connectivity index (χ0v) is 14.4. The Balaban J connectivity index is 1.74. The summed E-state index contributed by atoms with van der Waals surface area (Å²) in [5.41, 5.74) is 2.08. The second-order valence-electron chi connectivity index (χ2n) is 6.48. The van der Waals surface area contributed by atoms with Gasteiger partial charge in [0.1, 0.15) is 5.75 Å². The summed E-state index contributed by atoms with van der Waals surface area (Å²) in [7, 11) is 1.81. The molecular formula is C20H22N2O3. The molecule has 5 nitrogen and oxygen atoms in total. The van der Waals surface area contributed by atoms with Gasteiger partial charge in [0.25, 0.3) is 5.91 Å². The van der Waals surface area contributed by atoms with Gasteiger partial charge in [0.15, 0.2) is 0 Å². The Bertz CT molecular complexity index is 789. The van der Waals surface area contributed by atoms with Gasteiger partial charge in [0, 0.05) is 37.1 Å². The topological polar surface area (TPSA) is 69.6 Å². The summed E-state index contributed by atoms with van der Waals surface area (Å²) in [6.07, 6.45) is 0.412. The van der Waals surface area contributed by atoms with E-state index in [1.807, 2.05) is 30.3 Å². The largest absolute Gasteiger partial charge is 0.508 e. The lowest BCUT2D eigenvalue weighted by Gasteiger charge is -2.25. The Morgan fingerprint density at radius 3 is 2.64 bits per heavy atom. The highest BCUT2D eigenvalue weighted by atomic mass is 16.3. The SMILES string of the molecule is Cc1c(O)cccc1C(=O)NC[C@@H]1CC(=O)N(C)[C@H]1c1ccccc1. The van der Waals surface area contributed by atoms with Crippen LogP contribution < -0.4 is 5.32 Å². The zero-order valence-electron chi connectivity index (χ0n) is 14.4. The molecule has 0 saturated carbocycles. The van der Waals surface area contributed by atoms with Crippen LogP contribution in [0, 0.1) is 12.8 Å². The number of rotatable bonds is 4. The molecule has 2 amide bonds. The number of phenols is 1. The molecule has 0 unspecified atom stereocenters. The third-order valence-electron chi connectivity index (χ3n) is 4.91. The van der Waals surface area contributed by atoms with Crippen LogP contribution in [0.2, 0.25) is 0 Å². The van der Waals surface area contributed by atoms with Crippen molar-refractivity contribution in [2.75, 3.05) is 13.6 Å². The van der Waals surface area contributed by atoms with Crippen LogP contribution >= 0.6 is 0 Å². The van der Waals surface area contributed by atoms with Crippen molar-refractivity contribution in [2.24, 2.45) is 5.92 Å². The Morgan fingerprint density at radius 1 is 1.20 bits per heavy atom. The fourth-order valence-electron chi connectivity index (χ4n) is 3.47. The van der Waals surface area contributed by atoms with Crippen molar-refractivity contribution in [3.8, 4) is 5.75 Å². The highest BCUT2D eigenvalue weighted by Gasteiger charge is 2.38. The molecule has 0 aromatic heterocycles. The van der Waals surface area contributed by atoms with Gasteiger partial charge in [0.2, 0.25) is 5.91 Å². The second-order valence-corrected chi connectivity index (χ2v) is 6.48. The molecule has 0 aliphatic carbocycles. The number of hydrogen-bond donors (Lipinski definition) is 2. The van der Waals surface area contributed by atoms with E-state index < -0.39 is 0 Å². The fraction of sp³-hybridized carbons (Fsp3) is 0.300. The highest BCUT2D eigenvalue weighted by molar-refractivity contribution is 5.96. The van der Waals surface area contributed by atoms with E-state index in [1.165, 1.54) is 0 Å². The molecule has 1 saturated heterocycles. The molecule has 0 spiro atoms. The van der Waals surface area contributed by atoms with Crippen LogP contribution in [-0.4, -0.2) is 35.4 Å². The molecule has 2 aromatic rings. The van der Waals surface area contributed by atoms with Crippen molar-refractivity contribution in [3.05, 3.63) is 65.2 Å². The molecule has 2 N–H and O–H groups in total. The van der Waals surface area contributed by atoms with Gasteiger partial charge in [-0.15, -0.1) is 0 Å². The summed E-state index contributed by atoms with van der Waals surface area (Å²) in [6.45, 7) is 2.12. The zero-order chi connectivity index (χ0) is 18.0. The molecule has 0 radical (unpaired) electrons. The summed E-state index contributed by atoms with van der Waals surface area (Å²) < 4.78 is 0. The molecule has 130 valence electrons. The first-order valence-electron chi connectivity index (χ1n) is 8.36. The summed E-state index contributed by atoms with van der Waals surface area (Å²) in [6, 6.07) is 14.7. The quantitative estimate of drug-likeness (QED) is 0.900. The predicted octanol–water partition coefficient (Wildman–Crippen LogP) is 2.65. The van der Waals surface area contributed by atoms with E-state index in [9.17, 15) is 14.7 Å². The van der Waals surface area contributed by atoms with Crippen LogP contribution in [0.4, 0.5) is 0 Å². The third-order valence-corrected chi connectivity index (χ3v) is 4.91. The van der Waals surface area contributed by atoms with E-state index in [2.05, 4.69) is 5.32 Å². The lowest BCUT2D eigenvalue weighted by Crippen LogP contribution is -2.32. The van der Waals surface area contributed by atoms with Gasteiger partial charge >= 0.3 is 0 Å². The summed E-state index contributed by atoms with van der Waals surface area (Å²) in [5, 5.41) is 12.7. The number of hydrogen-bond acceptors (Lipinski definition) is 3. The number of carbonyl (C=O) groups excluding carboxylic acids is 2. The molecule has 1 aliphatic rings. The van der Waals surface area contributed by atoms with Crippen molar-refractivity contribution in [1.29, 1.82) is 0 Å². The lowest BCUT2D eigenvalue weighted by atomic mass is 9.93. The van der Waals surface area contributed by atoms with Gasteiger partial charge < -0.3 is 15.3 Å². The smallest absolute Gasteiger partial charge is 0.251 e. The number of nitrogens with one attached hydrogen (secondary N) is 1. The average molecular weight is 338 g/mol. The van der Waals surface area contributed by atoms with Gasteiger partial charge in [-0.2, -0.15) is 0 Å². The minimum absolute atomic E-state index is 0.0152. The van der Waals surface area contributed by atoms with Crippen LogP contribution in [-0.2, 0) is 4.79 Å². The van der Waals surface area contributed by atoms with E-state index >= 15 is 0 Å². The molecule has 2 atom stereocenters. The van der Waals surface area contributed by atoms with Crippen molar-refractivity contribution in [3.63, 3.8) is 0 Å². The molecule has 25 heavy (non-hydrogen) atoms. The highest BCUT2D eigenvalue weighted by Crippen LogP contribution is 2.36. The molecule has 1 heterocycles. The number of carbonyl (C=O) groups is 2. The van der Waals surface area contributed by atoms with Gasteiger partial charge in [-0.3, -0.25) is 9.59 Å². The number of nitrogens with zero attached hydrogens (tertiary/aromatic N) is 1. The van der Waals surface area contributed by atoms with E-state index in [0.29, 0.717) is 24.1 Å².